The van der Waals surface area contributed by atoms with Gasteiger partial charge in [-0.15, -0.1) is 0 Å². The number of Topliss-reactive ketones (excluding diaryl/α,β-unsaturated/α-hetero) is 1. The average Bonchev–Trinajstić information content (AvgIpc) is 2.70. The molecule has 0 aromatic heterocycles. The molecule has 0 fully saturated rings. The van der Waals surface area contributed by atoms with Gasteiger partial charge in [-0.2, -0.15) is 12.6 Å². The van der Waals surface area contributed by atoms with Crippen LogP contribution in [0.15, 0.2) is 78.9 Å². The highest BCUT2D eigenvalue weighted by Gasteiger charge is 2.21. The third-order valence-corrected chi connectivity index (χ3v) is 5.12. The number of hydrogen-bond donors (Lipinski definition) is 2. The maximum atomic E-state index is 12.3. The molecule has 3 aromatic carbocycles. The van der Waals surface area contributed by atoms with Crippen LogP contribution in [0.1, 0.15) is 33.0 Å². The Morgan fingerprint density at radius 2 is 1.46 bits per heavy atom. The minimum absolute atomic E-state index is 0.00685. The standard InChI is InChI=1S/C22H20ClNOS/c23-19-13-17(22(25)20(24)14-26)11-12-18(19)21(15-7-3-1-4-8-15)16-9-5-2-6-10-16/h1-13,20-21,26H,14,24H2/t20-/m0/s1. The third kappa shape index (κ3) is 4.01. The smallest absolute Gasteiger partial charge is 0.180 e. The second kappa shape index (κ2) is 8.54. The molecule has 0 bridgehead atoms. The van der Waals surface area contributed by atoms with E-state index < -0.39 is 6.04 Å². The lowest BCUT2D eigenvalue weighted by molar-refractivity contribution is 0.0970. The van der Waals surface area contributed by atoms with Crippen LogP contribution >= 0.6 is 24.2 Å². The van der Waals surface area contributed by atoms with Crippen LogP contribution in [-0.2, 0) is 0 Å². The third-order valence-electron chi connectivity index (χ3n) is 4.40. The van der Waals surface area contributed by atoms with Crippen molar-refractivity contribution in [2.75, 3.05) is 5.75 Å². The SMILES string of the molecule is N[C@@H](CS)C(=O)c1ccc(C(c2ccccc2)c2ccccc2)c(Cl)c1. The number of halogens is 1. The molecule has 26 heavy (non-hydrogen) atoms. The van der Waals surface area contributed by atoms with Crippen LogP contribution in [0.5, 0.6) is 0 Å². The van der Waals surface area contributed by atoms with E-state index in [1.165, 1.54) is 0 Å². The molecule has 0 unspecified atom stereocenters. The highest BCUT2D eigenvalue weighted by molar-refractivity contribution is 7.80. The van der Waals surface area contributed by atoms with Crippen molar-refractivity contribution in [3.8, 4) is 0 Å². The number of ketones is 1. The molecular weight excluding hydrogens is 362 g/mol. The van der Waals surface area contributed by atoms with Gasteiger partial charge in [0.15, 0.2) is 5.78 Å². The molecule has 2 nitrogen and oxygen atoms in total. The second-order valence-corrected chi connectivity index (χ2v) is 6.92. The Morgan fingerprint density at radius 1 is 0.923 bits per heavy atom. The van der Waals surface area contributed by atoms with Crippen LogP contribution in [0.2, 0.25) is 5.02 Å². The predicted octanol–water partition coefficient (Wildman–Crippen LogP) is 4.96. The number of thiol groups is 1. The molecule has 0 saturated carbocycles. The maximum absolute atomic E-state index is 12.3. The highest BCUT2D eigenvalue weighted by Crippen LogP contribution is 2.36. The molecular formula is C22H20ClNOS. The Morgan fingerprint density at radius 3 is 1.92 bits per heavy atom. The summed E-state index contributed by atoms with van der Waals surface area (Å²) in [5.74, 6) is 0.145. The molecule has 3 aromatic rings. The van der Waals surface area contributed by atoms with Crippen LogP contribution in [0.3, 0.4) is 0 Å². The summed E-state index contributed by atoms with van der Waals surface area (Å²) in [7, 11) is 0. The minimum atomic E-state index is -0.626. The number of hydrogen-bond acceptors (Lipinski definition) is 3. The van der Waals surface area contributed by atoms with Crippen molar-refractivity contribution in [1.29, 1.82) is 0 Å². The Bertz CT molecular complexity index is 844. The number of rotatable bonds is 6. The first-order valence-electron chi connectivity index (χ1n) is 8.42. The van der Waals surface area contributed by atoms with Crippen LogP contribution in [0.25, 0.3) is 0 Å². The maximum Gasteiger partial charge on any atom is 0.180 e. The fraction of sp³-hybridized carbons (Fsp3) is 0.136. The predicted molar refractivity (Wildman–Crippen MR) is 111 cm³/mol. The molecule has 0 spiro atoms. The molecule has 0 amide bonds. The van der Waals surface area contributed by atoms with Crippen molar-refractivity contribution in [1.82, 2.24) is 0 Å². The summed E-state index contributed by atoms with van der Waals surface area (Å²) < 4.78 is 0. The summed E-state index contributed by atoms with van der Waals surface area (Å²) in [5, 5.41) is 0.555. The van der Waals surface area contributed by atoms with Gasteiger partial charge in [-0.25, -0.2) is 0 Å². The van der Waals surface area contributed by atoms with Crippen LogP contribution in [0, 0.1) is 0 Å². The first-order chi connectivity index (χ1) is 12.6. The Kier molecular flexibility index (Phi) is 6.15. The second-order valence-electron chi connectivity index (χ2n) is 6.14. The van der Waals surface area contributed by atoms with E-state index in [2.05, 4.69) is 36.9 Å². The van der Waals surface area contributed by atoms with E-state index in [0.717, 1.165) is 16.7 Å². The van der Waals surface area contributed by atoms with E-state index in [9.17, 15) is 4.79 Å². The van der Waals surface area contributed by atoms with E-state index in [0.29, 0.717) is 16.3 Å². The molecule has 0 aliphatic carbocycles. The van der Waals surface area contributed by atoms with Crippen molar-refractivity contribution in [2.45, 2.75) is 12.0 Å². The van der Waals surface area contributed by atoms with Crippen LogP contribution < -0.4 is 5.73 Å². The van der Waals surface area contributed by atoms with Crippen LogP contribution in [0.4, 0.5) is 0 Å². The van der Waals surface area contributed by atoms with Crippen molar-refractivity contribution < 1.29 is 4.79 Å². The largest absolute Gasteiger partial charge is 0.321 e. The first-order valence-corrected chi connectivity index (χ1v) is 9.43. The molecule has 0 heterocycles. The summed E-state index contributed by atoms with van der Waals surface area (Å²) in [6.45, 7) is 0. The lowest BCUT2D eigenvalue weighted by Gasteiger charge is -2.21. The fourth-order valence-corrected chi connectivity index (χ4v) is 3.51. The molecule has 0 radical (unpaired) electrons. The van der Waals surface area contributed by atoms with E-state index >= 15 is 0 Å². The van der Waals surface area contributed by atoms with Gasteiger partial charge in [-0.05, 0) is 22.8 Å². The molecule has 132 valence electrons. The minimum Gasteiger partial charge on any atom is -0.321 e. The lowest BCUT2D eigenvalue weighted by atomic mass is 9.84. The fourth-order valence-electron chi connectivity index (χ4n) is 3.05. The van der Waals surface area contributed by atoms with Crippen molar-refractivity contribution >= 4 is 30.0 Å². The monoisotopic (exact) mass is 381 g/mol. The zero-order valence-corrected chi connectivity index (χ0v) is 15.8. The van der Waals surface area contributed by atoms with Gasteiger partial charge in [0, 0.05) is 22.3 Å². The highest BCUT2D eigenvalue weighted by atomic mass is 35.5. The zero-order valence-electron chi connectivity index (χ0n) is 14.2. The molecule has 0 aliphatic rings. The summed E-state index contributed by atoms with van der Waals surface area (Å²) in [5.41, 5.74) is 9.57. The Labute approximate surface area is 164 Å². The van der Waals surface area contributed by atoms with Crippen molar-refractivity contribution in [3.63, 3.8) is 0 Å². The Hall–Kier alpha value is -2.07. The molecule has 4 heteroatoms. The molecule has 0 saturated heterocycles. The zero-order chi connectivity index (χ0) is 18.5. The number of carbonyl (C=O) groups excluding carboxylic acids is 1. The van der Waals surface area contributed by atoms with Gasteiger partial charge in [-0.3, -0.25) is 4.79 Å². The number of nitrogens with two attached hydrogens (primary N) is 1. The van der Waals surface area contributed by atoms with Gasteiger partial charge in [0.05, 0.1) is 6.04 Å². The van der Waals surface area contributed by atoms with Crippen molar-refractivity contribution in [3.05, 3.63) is 106 Å². The quantitative estimate of drug-likeness (QED) is 0.360. The number of benzene rings is 3. The van der Waals surface area contributed by atoms with Gasteiger partial charge in [-0.1, -0.05) is 84.4 Å². The molecule has 0 aliphatic heterocycles. The van der Waals surface area contributed by atoms with Gasteiger partial charge in [0.25, 0.3) is 0 Å². The number of carbonyl (C=O) groups is 1. The van der Waals surface area contributed by atoms with Gasteiger partial charge in [0.2, 0.25) is 0 Å². The summed E-state index contributed by atoms with van der Waals surface area (Å²) in [6, 6.07) is 25.2. The summed E-state index contributed by atoms with van der Waals surface area (Å²) >= 11 is 10.7. The first kappa shape index (κ1) is 18.7. The topological polar surface area (TPSA) is 43.1 Å². The van der Waals surface area contributed by atoms with Gasteiger partial charge >= 0.3 is 0 Å². The normalized spacial score (nSPS) is 12.2. The molecule has 2 N–H and O–H groups in total. The van der Waals surface area contributed by atoms with Crippen LogP contribution in [-0.4, -0.2) is 17.6 Å². The average molecular weight is 382 g/mol. The van der Waals surface area contributed by atoms with E-state index in [1.807, 2.05) is 42.5 Å². The Balaban J connectivity index is 2.07. The van der Waals surface area contributed by atoms with Gasteiger partial charge < -0.3 is 5.73 Å². The molecule has 1 atom stereocenters. The van der Waals surface area contributed by atoms with Crippen molar-refractivity contribution in [2.24, 2.45) is 5.73 Å². The summed E-state index contributed by atoms with van der Waals surface area (Å²) in [4.78, 5) is 12.3. The van der Waals surface area contributed by atoms with Gasteiger partial charge in [0.1, 0.15) is 0 Å². The van der Waals surface area contributed by atoms with E-state index in [1.54, 1.807) is 12.1 Å². The lowest BCUT2D eigenvalue weighted by Crippen LogP contribution is -2.32. The van der Waals surface area contributed by atoms with E-state index in [4.69, 9.17) is 17.3 Å². The molecule has 3 rings (SSSR count). The summed E-state index contributed by atoms with van der Waals surface area (Å²) in [6.07, 6.45) is 0. The van der Waals surface area contributed by atoms with E-state index in [-0.39, 0.29) is 11.7 Å².